The first-order valence-corrected chi connectivity index (χ1v) is 11.8. The Morgan fingerprint density at radius 2 is 1.86 bits per heavy atom. The van der Waals surface area contributed by atoms with Gasteiger partial charge in [0.1, 0.15) is 18.5 Å². The molecule has 4 rings (SSSR count). The van der Waals surface area contributed by atoms with Gasteiger partial charge in [0.15, 0.2) is 0 Å². The first-order chi connectivity index (χ1) is 16.7. The summed E-state index contributed by atoms with van der Waals surface area (Å²) in [4.78, 5) is 41.1. The highest BCUT2D eigenvalue weighted by atomic mass is 35.5. The number of benzene rings is 2. The average Bonchev–Trinajstić information content (AvgIpc) is 2.81. The van der Waals surface area contributed by atoms with Crippen molar-refractivity contribution in [2.24, 2.45) is 0 Å². The molecule has 186 valence electrons. The van der Waals surface area contributed by atoms with Crippen LogP contribution in [0, 0.1) is 0 Å². The van der Waals surface area contributed by atoms with Gasteiger partial charge in [-0.2, -0.15) is 0 Å². The molecule has 1 fully saturated rings. The highest BCUT2D eigenvalue weighted by Crippen LogP contribution is 2.32. The van der Waals surface area contributed by atoms with E-state index >= 15 is 0 Å². The number of rotatable bonds is 4. The number of amides is 4. The monoisotopic (exact) mass is 500 g/mol. The third-order valence-corrected chi connectivity index (χ3v) is 6.49. The minimum Gasteiger partial charge on any atom is -0.490 e. The van der Waals surface area contributed by atoms with Crippen LogP contribution in [-0.2, 0) is 9.53 Å². The van der Waals surface area contributed by atoms with E-state index in [2.05, 4.69) is 10.6 Å². The van der Waals surface area contributed by atoms with Gasteiger partial charge < -0.3 is 29.9 Å². The first kappa shape index (κ1) is 24.8. The Labute approximate surface area is 209 Å². The number of hydrogen-bond acceptors (Lipinski definition) is 5. The Bertz CT molecular complexity index is 1120. The molecule has 2 aliphatic heterocycles. The fourth-order valence-corrected chi connectivity index (χ4v) is 4.53. The van der Waals surface area contributed by atoms with Crippen LogP contribution in [0.15, 0.2) is 42.5 Å². The number of ether oxygens (including phenoxy) is 2. The van der Waals surface area contributed by atoms with E-state index in [4.69, 9.17) is 21.1 Å². The summed E-state index contributed by atoms with van der Waals surface area (Å²) < 4.78 is 12.2. The largest absolute Gasteiger partial charge is 0.490 e. The quantitative estimate of drug-likeness (QED) is 0.664. The molecule has 0 unspecified atom stereocenters. The normalized spacial score (nSPS) is 21.5. The first-order valence-electron chi connectivity index (χ1n) is 11.4. The predicted molar refractivity (Wildman–Crippen MR) is 133 cm³/mol. The summed E-state index contributed by atoms with van der Waals surface area (Å²) in [6.45, 7) is 0.254. The third kappa shape index (κ3) is 5.86. The molecule has 0 spiro atoms. The number of likely N-dealkylation sites (N-methyl/N-ethyl adjacent to an activating group) is 1. The van der Waals surface area contributed by atoms with Crippen LogP contribution in [0.1, 0.15) is 29.6 Å². The highest BCUT2D eigenvalue weighted by Gasteiger charge is 2.39. The van der Waals surface area contributed by atoms with Crippen LogP contribution >= 0.6 is 11.6 Å². The molecule has 10 heteroatoms. The van der Waals surface area contributed by atoms with Gasteiger partial charge >= 0.3 is 6.03 Å². The maximum atomic E-state index is 13.3. The molecule has 2 aliphatic rings. The Balaban J connectivity index is 1.46. The number of nitrogens with one attached hydrogen (secondary N) is 2. The van der Waals surface area contributed by atoms with E-state index in [-0.39, 0.29) is 36.7 Å². The van der Waals surface area contributed by atoms with Crippen molar-refractivity contribution in [2.75, 3.05) is 38.4 Å². The molecule has 3 atom stereocenters. The SMILES string of the molecule is CN(C)C(=O)C[C@H]1CC[C@@H]2[C@@H](COc3ccc(NC(=O)Nc4cccc(Cl)c4)cc3C(=O)N2C)O1. The lowest BCUT2D eigenvalue weighted by Gasteiger charge is -2.42. The molecule has 35 heavy (non-hydrogen) atoms. The molecule has 0 saturated carbocycles. The second-order valence-corrected chi connectivity index (χ2v) is 9.40. The average molecular weight is 501 g/mol. The summed E-state index contributed by atoms with van der Waals surface area (Å²) in [6, 6.07) is 11.1. The summed E-state index contributed by atoms with van der Waals surface area (Å²) in [7, 11) is 5.19. The zero-order chi connectivity index (χ0) is 25.1. The van der Waals surface area contributed by atoms with Crippen molar-refractivity contribution in [1.82, 2.24) is 9.80 Å². The molecule has 0 aromatic heterocycles. The fraction of sp³-hybridized carbons (Fsp3) is 0.400. The molecule has 9 nitrogen and oxygen atoms in total. The van der Waals surface area contributed by atoms with E-state index in [1.807, 2.05) is 0 Å². The van der Waals surface area contributed by atoms with E-state index in [1.165, 1.54) is 0 Å². The second kappa shape index (κ2) is 10.5. The van der Waals surface area contributed by atoms with Gasteiger partial charge in [-0.25, -0.2) is 4.79 Å². The number of halogens is 1. The molecular weight excluding hydrogens is 472 g/mol. The molecule has 0 aliphatic carbocycles. The number of fused-ring (bicyclic) bond motifs is 2. The standard InChI is InChI=1S/C25H29ClN4O5/c1-29(2)23(31)13-18-8-9-20-22(35-18)14-34-21-10-7-17(12-19(21)24(32)30(20)3)28-25(33)27-16-6-4-5-15(26)11-16/h4-7,10-12,18,20,22H,8-9,13-14H2,1-3H3,(H2,27,28,33)/t18-,20-,22-/m1/s1. The van der Waals surface area contributed by atoms with E-state index in [0.717, 1.165) is 0 Å². The molecule has 2 N–H and O–H groups in total. The van der Waals surface area contributed by atoms with Gasteiger partial charge in [0.25, 0.3) is 5.91 Å². The molecule has 1 saturated heterocycles. The van der Waals surface area contributed by atoms with Gasteiger partial charge in [0, 0.05) is 37.5 Å². The number of hydrogen-bond donors (Lipinski definition) is 2. The smallest absolute Gasteiger partial charge is 0.323 e. The predicted octanol–water partition coefficient (Wildman–Crippen LogP) is 3.84. The lowest BCUT2D eigenvalue weighted by atomic mass is 9.94. The van der Waals surface area contributed by atoms with Crippen LogP contribution in [0.4, 0.5) is 16.2 Å². The van der Waals surface area contributed by atoms with Crippen molar-refractivity contribution in [3.63, 3.8) is 0 Å². The minimum absolute atomic E-state index is 0.00872. The lowest BCUT2D eigenvalue weighted by Crippen LogP contribution is -2.53. The molecule has 2 heterocycles. The van der Waals surface area contributed by atoms with E-state index in [0.29, 0.717) is 47.0 Å². The highest BCUT2D eigenvalue weighted by molar-refractivity contribution is 6.30. The molecular formula is C25H29ClN4O5. The van der Waals surface area contributed by atoms with Crippen LogP contribution < -0.4 is 15.4 Å². The van der Waals surface area contributed by atoms with E-state index in [1.54, 1.807) is 73.4 Å². The van der Waals surface area contributed by atoms with Gasteiger partial charge in [-0.1, -0.05) is 17.7 Å². The van der Waals surface area contributed by atoms with Gasteiger partial charge in [-0.15, -0.1) is 0 Å². The van der Waals surface area contributed by atoms with Crippen molar-refractivity contribution in [3.05, 3.63) is 53.1 Å². The van der Waals surface area contributed by atoms with Gasteiger partial charge in [0.2, 0.25) is 5.91 Å². The van der Waals surface area contributed by atoms with Crippen LogP contribution in [0.25, 0.3) is 0 Å². The number of urea groups is 1. The van der Waals surface area contributed by atoms with Crippen molar-refractivity contribution < 1.29 is 23.9 Å². The number of carbonyl (C=O) groups is 3. The summed E-state index contributed by atoms with van der Waals surface area (Å²) >= 11 is 5.96. The fourth-order valence-electron chi connectivity index (χ4n) is 4.34. The van der Waals surface area contributed by atoms with Crippen molar-refractivity contribution in [3.8, 4) is 5.75 Å². The zero-order valence-corrected chi connectivity index (χ0v) is 20.7. The van der Waals surface area contributed by atoms with Gasteiger partial charge in [-0.05, 0) is 49.2 Å². The topological polar surface area (TPSA) is 100 Å². The summed E-state index contributed by atoms with van der Waals surface area (Å²) in [5, 5.41) is 5.96. The van der Waals surface area contributed by atoms with Crippen molar-refractivity contribution in [2.45, 2.75) is 37.5 Å². The number of anilines is 2. The van der Waals surface area contributed by atoms with Gasteiger partial charge in [-0.3, -0.25) is 9.59 Å². The van der Waals surface area contributed by atoms with E-state index < -0.39 is 6.03 Å². The number of nitrogens with zero attached hydrogens (tertiary/aromatic N) is 2. The van der Waals surface area contributed by atoms with Gasteiger partial charge in [0.05, 0.1) is 24.1 Å². The molecule has 2 aromatic carbocycles. The maximum Gasteiger partial charge on any atom is 0.323 e. The molecule has 0 radical (unpaired) electrons. The van der Waals surface area contributed by atoms with Crippen molar-refractivity contribution in [1.29, 1.82) is 0 Å². The van der Waals surface area contributed by atoms with E-state index in [9.17, 15) is 14.4 Å². The maximum absolute atomic E-state index is 13.3. The molecule has 4 amide bonds. The van der Waals surface area contributed by atoms with Crippen molar-refractivity contribution >= 4 is 40.8 Å². The third-order valence-electron chi connectivity index (χ3n) is 6.25. The number of carbonyl (C=O) groups excluding carboxylic acids is 3. The van der Waals surface area contributed by atoms with Crippen LogP contribution in [0.3, 0.4) is 0 Å². The lowest BCUT2D eigenvalue weighted by molar-refractivity contribution is -0.140. The summed E-state index contributed by atoms with van der Waals surface area (Å²) in [5.74, 6) is 0.200. The molecule has 2 aromatic rings. The Morgan fingerprint density at radius 1 is 1.11 bits per heavy atom. The summed E-state index contributed by atoms with van der Waals surface area (Å²) in [5.41, 5.74) is 1.36. The van der Waals surface area contributed by atoms with Crippen LogP contribution in [0.5, 0.6) is 5.75 Å². The summed E-state index contributed by atoms with van der Waals surface area (Å²) in [6.07, 6.45) is 1.14. The van der Waals surface area contributed by atoms with Crippen LogP contribution in [0.2, 0.25) is 5.02 Å². The minimum atomic E-state index is -0.459. The zero-order valence-electron chi connectivity index (χ0n) is 19.9. The van der Waals surface area contributed by atoms with Crippen LogP contribution in [-0.4, -0.2) is 73.6 Å². The molecule has 0 bridgehead atoms. The Hall–Kier alpha value is -3.30. The second-order valence-electron chi connectivity index (χ2n) is 8.96. The Kier molecular flexibility index (Phi) is 7.47. The Morgan fingerprint density at radius 3 is 2.57 bits per heavy atom.